The lowest BCUT2D eigenvalue weighted by Crippen LogP contribution is -2.49. The Balaban J connectivity index is 1.79. The van der Waals surface area contributed by atoms with E-state index in [9.17, 15) is 4.79 Å². The highest BCUT2D eigenvalue weighted by Crippen LogP contribution is 2.19. The molecular weight excluding hydrogens is 248 g/mol. The van der Waals surface area contributed by atoms with E-state index in [4.69, 9.17) is 0 Å². The Morgan fingerprint density at radius 1 is 1.10 bits per heavy atom. The molecule has 20 heavy (non-hydrogen) atoms. The summed E-state index contributed by atoms with van der Waals surface area (Å²) in [5, 5.41) is 7.23. The Labute approximate surface area is 122 Å². The molecule has 2 atom stereocenters. The molecule has 0 amide bonds. The standard InChI is InChI=1S/C17H26N2O/c1-14(20)11-12-18-16-9-5-6-10-17(16)19-13-15-7-3-2-4-8-15/h2-4,7-8,16-19H,5-6,9-13H2,1H3/t16-,17-/m1/s1. The van der Waals surface area contributed by atoms with Crippen LogP contribution in [-0.2, 0) is 11.3 Å². The van der Waals surface area contributed by atoms with Crippen LogP contribution in [0.5, 0.6) is 0 Å². The first-order chi connectivity index (χ1) is 9.75. The van der Waals surface area contributed by atoms with Crippen LogP contribution in [0.25, 0.3) is 0 Å². The van der Waals surface area contributed by atoms with E-state index in [-0.39, 0.29) is 5.78 Å². The fraction of sp³-hybridized carbons (Fsp3) is 0.588. The van der Waals surface area contributed by atoms with Crippen molar-refractivity contribution >= 4 is 5.78 Å². The van der Waals surface area contributed by atoms with Crippen molar-refractivity contribution in [1.29, 1.82) is 0 Å². The number of hydrogen-bond donors (Lipinski definition) is 2. The molecule has 0 saturated heterocycles. The summed E-state index contributed by atoms with van der Waals surface area (Å²) in [5.74, 6) is 0.266. The van der Waals surface area contributed by atoms with E-state index >= 15 is 0 Å². The zero-order valence-corrected chi connectivity index (χ0v) is 12.4. The molecule has 110 valence electrons. The van der Waals surface area contributed by atoms with Crippen LogP contribution in [0.3, 0.4) is 0 Å². The van der Waals surface area contributed by atoms with Gasteiger partial charge in [-0.3, -0.25) is 4.79 Å². The van der Waals surface area contributed by atoms with Gasteiger partial charge in [-0.2, -0.15) is 0 Å². The molecule has 1 aliphatic rings. The van der Waals surface area contributed by atoms with Gasteiger partial charge in [-0.05, 0) is 25.3 Å². The summed E-state index contributed by atoms with van der Waals surface area (Å²) in [6, 6.07) is 11.6. The topological polar surface area (TPSA) is 41.1 Å². The second-order valence-electron chi connectivity index (χ2n) is 5.77. The Hall–Kier alpha value is -1.19. The molecule has 0 unspecified atom stereocenters. The largest absolute Gasteiger partial charge is 0.312 e. The molecule has 0 radical (unpaired) electrons. The van der Waals surface area contributed by atoms with Crippen LogP contribution < -0.4 is 10.6 Å². The highest BCUT2D eigenvalue weighted by Gasteiger charge is 2.23. The van der Waals surface area contributed by atoms with Gasteiger partial charge < -0.3 is 10.6 Å². The number of nitrogens with one attached hydrogen (secondary N) is 2. The van der Waals surface area contributed by atoms with Gasteiger partial charge in [-0.1, -0.05) is 43.2 Å². The van der Waals surface area contributed by atoms with Gasteiger partial charge in [0.2, 0.25) is 0 Å². The summed E-state index contributed by atoms with van der Waals surface area (Å²) >= 11 is 0. The van der Waals surface area contributed by atoms with Crippen molar-refractivity contribution in [2.75, 3.05) is 6.54 Å². The average Bonchev–Trinajstić information content (AvgIpc) is 2.47. The van der Waals surface area contributed by atoms with Crippen LogP contribution in [0.15, 0.2) is 30.3 Å². The van der Waals surface area contributed by atoms with Gasteiger partial charge in [0.05, 0.1) is 0 Å². The van der Waals surface area contributed by atoms with Crippen LogP contribution >= 0.6 is 0 Å². The molecule has 1 aromatic carbocycles. The maximum atomic E-state index is 11.0. The average molecular weight is 274 g/mol. The zero-order chi connectivity index (χ0) is 14.2. The smallest absolute Gasteiger partial charge is 0.131 e. The van der Waals surface area contributed by atoms with Crippen molar-refractivity contribution in [1.82, 2.24) is 10.6 Å². The van der Waals surface area contributed by atoms with E-state index in [2.05, 4.69) is 41.0 Å². The number of Topliss-reactive ketones (excluding diaryl/α,β-unsaturated/α-hetero) is 1. The van der Waals surface area contributed by atoms with Gasteiger partial charge in [0.25, 0.3) is 0 Å². The zero-order valence-electron chi connectivity index (χ0n) is 12.4. The molecule has 0 bridgehead atoms. The lowest BCUT2D eigenvalue weighted by molar-refractivity contribution is -0.116. The van der Waals surface area contributed by atoms with E-state index in [0.717, 1.165) is 13.1 Å². The highest BCUT2D eigenvalue weighted by molar-refractivity contribution is 5.75. The highest BCUT2D eigenvalue weighted by atomic mass is 16.1. The number of carbonyl (C=O) groups is 1. The minimum absolute atomic E-state index is 0.266. The van der Waals surface area contributed by atoms with Crippen molar-refractivity contribution in [2.24, 2.45) is 0 Å². The molecular formula is C17H26N2O. The molecule has 1 saturated carbocycles. The van der Waals surface area contributed by atoms with Crippen LogP contribution in [-0.4, -0.2) is 24.4 Å². The number of carbonyl (C=O) groups excluding carboxylic acids is 1. The number of hydrogen-bond acceptors (Lipinski definition) is 3. The minimum Gasteiger partial charge on any atom is -0.312 e. The van der Waals surface area contributed by atoms with Crippen molar-refractivity contribution in [3.05, 3.63) is 35.9 Å². The summed E-state index contributed by atoms with van der Waals surface area (Å²) < 4.78 is 0. The molecule has 2 rings (SSSR count). The van der Waals surface area contributed by atoms with E-state index in [1.165, 1.54) is 31.2 Å². The third kappa shape index (κ3) is 5.06. The Kier molecular flexibility index (Phi) is 6.22. The monoisotopic (exact) mass is 274 g/mol. The fourth-order valence-electron chi connectivity index (χ4n) is 2.90. The first kappa shape index (κ1) is 15.2. The molecule has 1 fully saturated rings. The fourth-order valence-corrected chi connectivity index (χ4v) is 2.90. The van der Waals surface area contributed by atoms with Gasteiger partial charge >= 0.3 is 0 Å². The third-order valence-corrected chi connectivity index (χ3v) is 4.06. The van der Waals surface area contributed by atoms with E-state index in [1.54, 1.807) is 6.92 Å². The number of rotatable bonds is 7. The van der Waals surface area contributed by atoms with Crippen molar-refractivity contribution in [3.8, 4) is 0 Å². The quantitative estimate of drug-likeness (QED) is 0.803. The second-order valence-corrected chi connectivity index (χ2v) is 5.77. The van der Waals surface area contributed by atoms with E-state index in [1.807, 2.05) is 0 Å². The maximum absolute atomic E-state index is 11.0. The van der Waals surface area contributed by atoms with Gasteiger partial charge in [0.1, 0.15) is 5.78 Å². The lowest BCUT2D eigenvalue weighted by Gasteiger charge is -2.33. The van der Waals surface area contributed by atoms with Crippen LogP contribution in [0.1, 0.15) is 44.6 Å². The maximum Gasteiger partial charge on any atom is 0.131 e. The molecule has 0 heterocycles. The Morgan fingerprint density at radius 2 is 1.75 bits per heavy atom. The molecule has 0 aromatic heterocycles. The Bertz CT molecular complexity index is 405. The van der Waals surface area contributed by atoms with Gasteiger partial charge in [-0.25, -0.2) is 0 Å². The van der Waals surface area contributed by atoms with Crippen LogP contribution in [0.4, 0.5) is 0 Å². The first-order valence-corrected chi connectivity index (χ1v) is 7.76. The predicted molar refractivity (Wildman–Crippen MR) is 82.6 cm³/mol. The summed E-state index contributed by atoms with van der Waals surface area (Å²) in [6.07, 6.45) is 5.68. The van der Waals surface area contributed by atoms with E-state index in [0.29, 0.717) is 18.5 Å². The third-order valence-electron chi connectivity index (χ3n) is 4.06. The number of ketones is 1. The van der Waals surface area contributed by atoms with Gasteiger partial charge in [0, 0.05) is 31.6 Å². The van der Waals surface area contributed by atoms with Gasteiger partial charge in [0.15, 0.2) is 0 Å². The molecule has 0 spiro atoms. The van der Waals surface area contributed by atoms with Crippen molar-refractivity contribution in [3.63, 3.8) is 0 Å². The van der Waals surface area contributed by atoms with E-state index < -0.39 is 0 Å². The minimum atomic E-state index is 0.266. The molecule has 3 nitrogen and oxygen atoms in total. The van der Waals surface area contributed by atoms with Gasteiger partial charge in [-0.15, -0.1) is 0 Å². The summed E-state index contributed by atoms with van der Waals surface area (Å²) in [6.45, 7) is 3.40. The van der Waals surface area contributed by atoms with Crippen LogP contribution in [0, 0.1) is 0 Å². The first-order valence-electron chi connectivity index (χ1n) is 7.76. The predicted octanol–water partition coefficient (Wildman–Crippen LogP) is 2.66. The van der Waals surface area contributed by atoms with Crippen molar-refractivity contribution in [2.45, 2.75) is 57.7 Å². The SMILES string of the molecule is CC(=O)CCN[C@@H]1CCCC[C@H]1NCc1ccccc1. The molecule has 1 aromatic rings. The lowest BCUT2D eigenvalue weighted by atomic mass is 9.90. The second kappa shape index (κ2) is 8.18. The summed E-state index contributed by atoms with van der Waals surface area (Å²) in [5.41, 5.74) is 1.33. The summed E-state index contributed by atoms with van der Waals surface area (Å²) in [4.78, 5) is 11.0. The molecule has 0 aliphatic heterocycles. The Morgan fingerprint density at radius 3 is 2.40 bits per heavy atom. The number of benzene rings is 1. The van der Waals surface area contributed by atoms with Crippen LogP contribution in [0.2, 0.25) is 0 Å². The molecule has 1 aliphatic carbocycles. The molecule has 3 heteroatoms. The normalized spacial score (nSPS) is 22.6. The molecule has 2 N–H and O–H groups in total. The summed E-state index contributed by atoms with van der Waals surface area (Å²) in [7, 11) is 0. The van der Waals surface area contributed by atoms with Crippen molar-refractivity contribution < 1.29 is 4.79 Å².